The van der Waals surface area contributed by atoms with Crippen LogP contribution in [-0.2, 0) is 0 Å². The summed E-state index contributed by atoms with van der Waals surface area (Å²) >= 11 is 0. The van der Waals surface area contributed by atoms with Gasteiger partial charge < -0.3 is 20.1 Å². The molecular formula is C25H23N5O3. The highest BCUT2D eigenvalue weighted by Gasteiger charge is 2.11. The first kappa shape index (κ1) is 21.8. The lowest BCUT2D eigenvalue weighted by molar-refractivity contribution is 0.102. The summed E-state index contributed by atoms with van der Waals surface area (Å²) in [4.78, 5) is 25.4. The van der Waals surface area contributed by atoms with Crippen LogP contribution in [-0.4, -0.2) is 35.1 Å². The Hall–Kier alpha value is -4.46. The number of carbonyl (C=O) groups excluding carboxylic acids is 1. The maximum absolute atomic E-state index is 12.5. The van der Waals surface area contributed by atoms with E-state index in [2.05, 4.69) is 25.6 Å². The number of hydrogen-bond acceptors (Lipinski definition) is 7. The first-order valence-corrected chi connectivity index (χ1v) is 10.2. The summed E-state index contributed by atoms with van der Waals surface area (Å²) < 4.78 is 10.7. The number of nitrogens with one attached hydrogen (secondary N) is 2. The van der Waals surface area contributed by atoms with Crippen molar-refractivity contribution < 1.29 is 14.3 Å². The van der Waals surface area contributed by atoms with Crippen molar-refractivity contribution in [1.29, 1.82) is 0 Å². The molecule has 0 unspecified atom stereocenters. The SMILES string of the molecule is COc1ccc(-c2ccnc(Nc3cc(NC(=O)c4cccnc4)ccc3C)n2)cc1OC. The molecule has 33 heavy (non-hydrogen) atoms. The third-order valence-electron chi connectivity index (χ3n) is 5.00. The number of ether oxygens (including phenoxy) is 2. The monoisotopic (exact) mass is 441 g/mol. The molecule has 0 aliphatic carbocycles. The Morgan fingerprint density at radius 3 is 2.55 bits per heavy atom. The first-order chi connectivity index (χ1) is 16.1. The Morgan fingerprint density at radius 1 is 0.939 bits per heavy atom. The van der Waals surface area contributed by atoms with Gasteiger partial charge in [-0.25, -0.2) is 9.97 Å². The Labute approximate surface area is 191 Å². The van der Waals surface area contributed by atoms with Gasteiger partial charge in [0.25, 0.3) is 5.91 Å². The number of benzene rings is 2. The van der Waals surface area contributed by atoms with Gasteiger partial charge in [-0.3, -0.25) is 9.78 Å². The summed E-state index contributed by atoms with van der Waals surface area (Å²) in [5.41, 5.74) is 4.49. The predicted octanol–water partition coefficient (Wildman–Crippen LogP) is 4.86. The van der Waals surface area contributed by atoms with Gasteiger partial charge in [0.15, 0.2) is 11.5 Å². The van der Waals surface area contributed by atoms with Crippen molar-refractivity contribution in [2.75, 3.05) is 24.9 Å². The molecule has 0 saturated heterocycles. The maximum Gasteiger partial charge on any atom is 0.257 e. The van der Waals surface area contributed by atoms with Crippen LogP contribution in [0.2, 0.25) is 0 Å². The van der Waals surface area contributed by atoms with Crippen LogP contribution in [0.1, 0.15) is 15.9 Å². The van der Waals surface area contributed by atoms with Gasteiger partial charge in [0.05, 0.1) is 25.5 Å². The van der Waals surface area contributed by atoms with Crippen molar-refractivity contribution in [2.24, 2.45) is 0 Å². The topological polar surface area (TPSA) is 98.3 Å². The van der Waals surface area contributed by atoms with E-state index in [-0.39, 0.29) is 5.91 Å². The molecule has 4 aromatic rings. The van der Waals surface area contributed by atoms with Crippen LogP contribution in [0.25, 0.3) is 11.3 Å². The molecule has 0 aliphatic rings. The molecular weight excluding hydrogens is 418 g/mol. The predicted molar refractivity (Wildman–Crippen MR) is 127 cm³/mol. The van der Waals surface area contributed by atoms with E-state index >= 15 is 0 Å². The zero-order chi connectivity index (χ0) is 23.2. The van der Waals surface area contributed by atoms with E-state index in [1.807, 2.05) is 49.4 Å². The zero-order valence-electron chi connectivity index (χ0n) is 18.5. The number of rotatable bonds is 7. The van der Waals surface area contributed by atoms with Gasteiger partial charge in [0.2, 0.25) is 5.95 Å². The second kappa shape index (κ2) is 9.78. The summed E-state index contributed by atoms with van der Waals surface area (Å²) in [6.07, 6.45) is 4.84. The number of aryl methyl sites for hydroxylation is 1. The van der Waals surface area contributed by atoms with E-state index in [9.17, 15) is 4.79 Å². The molecule has 0 spiro atoms. The fourth-order valence-corrected chi connectivity index (χ4v) is 3.23. The smallest absolute Gasteiger partial charge is 0.257 e. The first-order valence-electron chi connectivity index (χ1n) is 10.2. The van der Waals surface area contributed by atoms with Crippen LogP contribution in [0.3, 0.4) is 0 Å². The molecule has 2 aromatic heterocycles. The second-order valence-corrected chi connectivity index (χ2v) is 7.19. The van der Waals surface area contributed by atoms with E-state index in [0.29, 0.717) is 28.7 Å². The van der Waals surface area contributed by atoms with Crippen LogP contribution in [0.5, 0.6) is 11.5 Å². The standard InChI is InChI=1S/C25H23N5O3/c1-16-6-8-19(28-24(31)18-5-4-11-26-15-18)14-21(16)30-25-27-12-10-20(29-25)17-7-9-22(32-2)23(13-17)33-3/h4-15H,1-3H3,(H,28,31)(H,27,29,30). The van der Waals surface area contributed by atoms with Gasteiger partial charge in [0.1, 0.15) is 0 Å². The molecule has 2 heterocycles. The lowest BCUT2D eigenvalue weighted by atomic mass is 10.1. The number of aromatic nitrogens is 3. The highest BCUT2D eigenvalue weighted by molar-refractivity contribution is 6.04. The summed E-state index contributed by atoms with van der Waals surface area (Å²) in [5, 5.41) is 6.13. The second-order valence-electron chi connectivity index (χ2n) is 7.19. The average Bonchev–Trinajstić information content (AvgIpc) is 2.86. The van der Waals surface area contributed by atoms with Crippen molar-refractivity contribution in [2.45, 2.75) is 6.92 Å². The largest absolute Gasteiger partial charge is 0.493 e. The van der Waals surface area contributed by atoms with Crippen molar-refractivity contribution in [3.05, 3.63) is 84.3 Å². The third kappa shape index (κ3) is 5.07. The van der Waals surface area contributed by atoms with Crippen molar-refractivity contribution in [1.82, 2.24) is 15.0 Å². The Balaban J connectivity index is 1.56. The van der Waals surface area contributed by atoms with Gasteiger partial charge in [-0.1, -0.05) is 6.07 Å². The van der Waals surface area contributed by atoms with E-state index in [1.165, 1.54) is 6.20 Å². The fraction of sp³-hybridized carbons (Fsp3) is 0.120. The number of nitrogens with zero attached hydrogens (tertiary/aromatic N) is 3. The van der Waals surface area contributed by atoms with Crippen LogP contribution >= 0.6 is 0 Å². The Kier molecular flexibility index (Phi) is 6.45. The minimum atomic E-state index is -0.232. The molecule has 0 fully saturated rings. The van der Waals surface area contributed by atoms with E-state index in [0.717, 1.165) is 22.5 Å². The molecule has 8 heteroatoms. The van der Waals surface area contributed by atoms with Crippen molar-refractivity contribution in [3.8, 4) is 22.8 Å². The molecule has 8 nitrogen and oxygen atoms in total. The van der Waals surface area contributed by atoms with Crippen LogP contribution in [0.15, 0.2) is 73.2 Å². The summed E-state index contributed by atoms with van der Waals surface area (Å²) in [6, 6.07) is 16.5. The number of pyridine rings is 1. The van der Waals surface area contributed by atoms with Crippen LogP contribution in [0.4, 0.5) is 17.3 Å². The van der Waals surface area contributed by atoms with Gasteiger partial charge in [-0.15, -0.1) is 0 Å². The molecule has 2 aromatic carbocycles. The number of anilines is 3. The summed E-state index contributed by atoms with van der Waals surface area (Å²) in [7, 11) is 3.19. The molecule has 0 radical (unpaired) electrons. The Morgan fingerprint density at radius 2 is 1.79 bits per heavy atom. The molecule has 4 rings (SSSR count). The highest BCUT2D eigenvalue weighted by atomic mass is 16.5. The maximum atomic E-state index is 12.5. The lowest BCUT2D eigenvalue weighted by Crippen LogP contribution is -2.12. The molecule has 0 aliphatic heterocycles. The normalized spacial score (nSPS) is 10.4. The minimum Gasteiger partial charge on any atom is -0.493 e. The summed E-state index contributed by atoms with van der Waals surface area (Å²) in [6.45, 7) is 1.97. The van der Waals surface area contributed by atoms with Gasteiger partial charge in [0, 0.05) is 35.5 Å². The quantitative estimate of drug-likeness (QED) is 0.423. The van der Waals surface area contributed by atoms with E-state index < -0.39 is 0 Å². The molecule has 1 amide bonds. The number of methoxy groups -OCH3 is 2. The van der Waals surface area contributed by atoms with Gasteiger partial charge in [-0.2, -0.15) is 0 Å². The van der Waals surface area contributed by atoms with Crippen LogP contribution in [0, 0.1) is 6.92 Å². The molecule has 166 valence electrons. The Bertz CT molecular complexity index is 1280. The van der Waals surface area contributed by atoms with E-state index in [1.54, 1.807) is 38.7 Å². The molecule has 0 saturated carbocycles. The van der Waals surface area contributed by atoms with Crippen LogP contribution < -0.4 is 20.1 Å². The van der Waals surface area contributed by atoms with E-state index in [4.69, 9.17) is 9.47 Å². The average molecular weight is 441 g/mol. The van der Waals surface area contributed by atoms with Gasteiger partial charge in [-0.05, 0) is 61.0 Å². The number of hydrogen-bond donors (Lipinski definition) is 2. The summed E-state index contributed by atoms with van der Waals surface area (Å²) in [5.74, 6) is 1.47. The minimum absolute atomic E-state index is 0.232. The van der Waals surface area contributed by atoms with Gasteiger partial charge >= 0.3 is 0 Å². The fourth-order valence-electron chi connectivity index (χ4n) is 3.23. The van der Waals surface area contributed by atoms with Crippen molar-refractivity contribution in [3.63, 3.8) is 0 Å². The molecule has 0 bridgehead atoms. The van der Waals surface area contributed by atoms with Crippen molar-refractivity contribution >= 4 is 23.2 Å². The highest BCUT2D eigenvalue weighted by Crippen LogP contribution is 2.32. The number of carbonyl (C=O) groups is 1. The lowest BCUT2D eigenvalue weighted by Gasteiger charge is -2.13. The molecule has 2 N–H and O–H groups in total. The number of amides is 1. The molecule has 0 atom stereocenters. The zero-order valence-corrected chi connectivity index (χ0v) is 18.5. The third-order valence-corrected chi connectivity index (χ3v) is 5.00.